The van der Waals surface area contributed by atoms with E-state index < -0.39 is 0 Å². The first-order valence-corrected chi connectivity index (χ1v) is 13.3. The van der Waals surface area contributed by atoms with Crippen molar-refractivity contribution >= 4 is 39.1 Å². The van der Waals surface area contributed by atoms with Gasteiger partial charge in [0.15, 0.2) is 0 Å². The third-order valence-corrected chi connectivity index (χ3v) is 7.18. The lowest BCUT2D eigenvalue weighted by Gasteiger charge is -2.26. The average molecular weight is 513 g/mol. The largest absolute Gasteiger partial charge is 0.393 e. The van der Waals surface area contributed by atoms with Crippen LogP contribution in [0.2, 0.25) is 0 Å². The second kappa shape index (κ2) is 11.7. The van der Waals surface area contributed by atoms with Gasteiger partial charge in [-0.25, -0.2) is 5.84 Å². The smallest absolute Gasteiger partial charge is 0.269 e. The number of fused-ring (bicyclic) bond motifs is 3. The first-order valence-electron chi connectivity index (χ1n) is 13.3. The van der Waals surface area contributed by atoms with E-state index in [9.17, 15) is 4.79 Å². The van der Waals surface area contributed by atoms with Gasteiger partial charge in [0.2, 0.25) is 0 Å². The van der Waals surface area contributed by atoms with E-state index >= 15 is 0 Å². The minimum Gasteiger partial charge on any atom is -0.393 e. The number of ether oxygens (including phenoxy) is 1. The van der Waals surface area contributed by atoms with Gasteiger partial charge in [0, 0.05) is 53.5 Å². The van der Waals surface area contributed by atoms with E-state index in [1.165, 1.54) is 10.5 Å². The number of amides is 1. The van der Waals surface area contributed by atoms with E-state index in [1.54, 1.807) is 0 Å². The van der Waals surface area contributed by atoms with E-state index in [2.05, 4.69) is 52.0 Å². The Kier molecular flexibility index (Phi) is 7.93. The van der Waals surface area contributed by atoms with Crippen molar-refractivity contribution in [3.63, 3.8) is 0 Å². The van der Waals surface area contributed by atoms with E-state index in [0.717, 1.165) is 73.4 Å². The Hall–Kier alpha value is -3.85. The molecule has 38 heavy (non-hydrogen) atoms. The Bertz CT molecular complexity index is 1440. The molecule has 8 heteroatoms. The van der Waals surface area contributed by atoms with Crippen molar-refractivity contribution in [1.29, 1.82) is 0 Å². The Morgan fingerprint density at radius 1 is 0.974 bits per heavy atom. The predicted molar refractivity (Wildman–Crippen MR) is 154 cm³/mol. The van der Waals surface area contributed by atoms with Gasteiger partial charge in [0.05, 0.1) is 24.6 Å². The molecule has 1 aliphatic heterocycles. The maximum atomic E-state index is 13.2. The second-order valence-corrected chi connectivity index (χ2v) is 9.52. The van der Waals surface area contributed by atoms with Gasteiger partial charge in [0.25, 0.3) is 5.91 Å². The van der Waals surface area contributed by atoms with Crippen LogP contribution < -0.4 is 21.9 Å². The van der Waals surface area contributed by atoms with Crippen LogP contribution in [-0.4, -0.2) is 54.8 Å². The molecule has 1 fully saturated rings. The topological polar surface area (TPSA) is 102 Å². The highest BCUT2D eigenvalue weighted by atomic mass is 16.5. The maximum Gasteiger partial charge on any atom is 0.269 e. The molecule has 2 heterocycles. The van der Waals surface area contributed by atoms with Crippen LogP contribution in [0.1, 0.15) is 18.9 Å². The van der Waals surface area contributed by atoms with Crippen molar-refractivity contribution < 1.29 is 9.53 Å². The first-order chi connectivity index (χ1) is 18.6. The number of carbonyl (C=O) groups excluding carboxylic acids is 1. The third kappa shape index (κ3) is 5.24. The minimum absolute atomic E-state index is 0.0844. The lowest BCUT2D eigenvalue weighted by Crippen LogP contribution is -2.39. The summed E-state index contributed by atoms with van der Waals surface area (Å²) in [4.78, 5) is 15.5. The van der Waals surface area contributed by atoms with Crippen LogP contribution in [0.5, 0.6) is 0 Å². The van der Waals surface area contributed by atoms with Gasteiger partial charge in [-0.15, -0.1) is 0 Å². The Morgan fingerprint density at radius 2 is 1.68 bits per heavy atom. The molecule has 0 saturated carbocycles. The van der Waals surface area contributed by atoms with E-state index in [0.29, 0.717) is 12.2 Å². The van der Waals surface area contributed by atoms with Crippen molar-refractivity contribution in [3.05, 3.63) is 84.1 Å². The molecule has 8 nitrogen and oxygen atoms in total. The molecule has 1 aliphatic rings. The summed E-state index contributed by atoms with van der Waals surface area (Å²) in [6, 6.07) is 24.1. The molecule has 0 unspecified atom stereocenters. The zero-order valence-electron chi connectivity index (χ0n) is 21.9. The van der Waals surface area contributed by atoms with Crippen molar-refractivity contribution in [2.45, 2.75) is 19.9 Å². The second-order valence-electron chi connectivity index (χ2n) is 9.52. The van der Waals surface area contributed by atoms with Crippen molar-refractivity contribution in [1.82, 2.24) is 14.8 Å². The molecular formula is C30H36N6O2. The fourth-order valence-electron chi connectivity index (χ4n) is 5.21. The third-order valence-electron chi connectivity index (χ3n) is 7.18. The molecule has 3 aromatic carbocycles. The van der Waals surface area contributed by atoms with Crippen LogP contribution in [0.3, 0.4) is 0 Å². The number of anilines is 1. The number of aryl methyl sites for hydroxylation is 1. The number of hydrogen-bond donors (Lipinski definition) is 3. The monoisotopic (exact) mass is 512 g/mol. The van der Waals surface area contributed by atoms with Gasteiger partial charge in [-0.1, -0.05) is 48.5 Å². The number of nitrogens with one attached hydrogen (secondary N) is 1. The van der Waals surface area contributed by atoms with Crippen molar-refractivity contribution in [2.75, 3.05) is 44.4 Å². The molecule has 0 bridgehead atoms. The van der Waals surface area contributed by atoms with Crippen LogP contribution >= 0.6 is 0 Å². The van der Waals surface area contributed by atoms with Gasteiger partial charge >= 0.3 is 0 Å². The summed E-state index contributed by atoms with van der Waals surface area (Å²) in [7, 11) is 0. The summed E-state index contributed by atoms with van der Waals surface area (Å²) >= 11 is 0. The lowest BCUT2D eigenvalue weighted by atomic mass is 10.1. The molecule has 0 radical (unpaired) electrons. The molecule has 5 N–H and O–H groups in total. The summed E-state index contributed by atoms with van der Waals surface area (Å²) in [6.45, 7) is 7.84. The first kappa shape index (κ1) is 25.8. The fourth-order valence-corrected chi connectivity index (χ4v) is 5.21. The number of hydrazine groups is 1. The number of nitrogens with zero attached hydrogens (tertiary/aromatic N) is 3. The molecule has 1 saturated heterocycles. The van der Waals surface area contributed by atoms with Gasteiger partial charge < -0.3 is 20.4 Å². The zero-order chi connectivity index (χ0) is 26.5. The fraction of sp³-hybridized carbons (Fsp3) is 0.300. The highest BCUT2D eigenvalue weighted by Gasteiger charge is 2.21. The van der Waals surface area contributed by atoms with Crippen molar-refractivity contribution in [3.8, 4) is 0 Å². The standard InChI is InChI=1S/C30H36N6O2/c1-2-35-26-12-7-6-11-24(26)25-21-23(13-14-27(25)35)36(32)29(22-9-4-3-5-10-22)28(31)30(37)33-15-8-16-34-17-19-38-20-18-34/h3-7,9-14,21H,2,8,15-20,31-32H2,1H3,(H,33,37)/b29-28-. The van der Waals surface area contributed by atoms with Gasteiger partial charge in [-0.05, 0) is 44.2 Å². The van der Waals surface area contributed by atoms with Crippen LogP contribution in [0, 0.1) is 0 Å². The maximum absolute atomic E-state index is 13.2. The molecule has 0 spiro atoms. The van der Waals surface area contributed by atoms with E-state index in [1.807, 2.05) is 42.5 Å². The molecule has 198 valence electrons. The Morgan fingerprint density at radius 3 is 2.45 bits per heavy atom. The summed E-state index contributed by atoms with van der Waals surface area (Å²) in [6.07, 6.45) is 0.837. The number of aromatic nitrogens is 1. The predicted octanol–water partition coefficient (Wildman–Crippen LogP) is 3.66. The molecule has 1 amide bonds. The van der Waals surface area contributed by atoms with Crippen LogP contribution in [0.25, 0.3) is 27.5 Å². The lowest BCUT2D eigenvalue weighted by molar-refractivity contribution is -0.117. The molecule has 0 aliphatic carbocycles. The van der Waals surface area contributed by atoms with Crippen molar-refractivity contribution in [2.24, 2.45) is 11.6 Å². The summed E-state index contributed by atoms with van der Waals surface area (Å²) in [5.41, 5.74) is 10.9. The Labute approximate surface area is 223 Å². The number of hydrogen-bond acceptors (Lipinski definition) is 6. The average Bonchev–Trinajstić information content (AvgIpc) is 3.29. The van der Waals surface area contributed by atoms with Gasteiger partial charge in [-0.3, -0.25) is 14.7 Å². The number of nitrogens with two attached hydrogens (primary N) is 2. The normalized spacial score (nSPS) is 15.0. The molecule has 1 aromatic heterocycles. The highest BCUT2D eigenvalue weighted by molar-refractivity contribution is 6.10. The quantitative estimate of drug-likeness (QED) is 0.137. The summed E-state index contributed by atoms with van der Waals surface area (Å²) in [5, 5.41) is 6.77. The van der Waals surface area contributed by atoms with Crippen LogP contribution in [0.4, 0.5) is 5.69 Å². The minimum atomic E-state index is -0.329. The van der Waals surface area contributed by atoms with Crippen LogP contribution in [0.15, 0.2) is 78.5 Å². The van der Waals surface area contributed by atoms with E-state index in [-0.39, 0.29) is 11.6 Å². The number of carbonyl (C=O) groups is 1. The molecule has 5 rings (SSSR count). The number of para-hydroxylation sites is 1. The number of morpholine rings is 1. The Balaban J connectivity index is 1.43. The highest BCUT2D eigenvalue weighted by Crippen LogP contribution is 2.33. The van der Waals surface area contributed by atoms with Crippen LogP contribution in [-0.2, 0) is 16.1 Å². The molecule has 0 atom stereocenters. The number of rotatable bonds is 9. The molecular weight excluding hydrogens is 476 g/mol. The summed E-state index contributed by atoms with van der Waals surface area (Å²) < 4.78 is 7.70. The number of benzene rings is 3. The SMILES string of the molecule is CCn1c2ccccc2c2cc(N(N)/C(=C(\N)C(=O)NCCCN3CCOCC3)c3ccccc3)ccc21. The summed E-state index contributed by atoms with van der Waals surface area (Å²) in [5.74, 6) is 6.40. The van der Waals surface area contributed by atoms with E-state index in [4.69, 9.17) is 16.3 Å². The molecule has 4 aromatic rings. The van der Waals surface area contributed by atoms with Gasteiger partial charge in [-0.2, -0.15) is 0 Å². The zero-order valence-corrected chi connectivity index (χ0v) is 21.9. The van der Waals surface area contributed by atoms with Gasteiger partial charge in [0.1, 0.15) is 5.70 Å².